The lowest BCUT2D eigenvalue weighted by molar-refractivity contribution is 0.246. The number of anilines is 1. The number of urea groups is 1. The number of halogens is 1. The van der Waals surface area contributed by atoms with Crippen molar-refractivity contribution in [1.82, 2.24) is 15.1 Å². The molecule has 6 nitrogen and oxygen atoms in total. The second kappa shape index (κ2) is 7.23. The molecule has 24 heavy (non-hydrogen) atoms. The summed E-state index contributed by atoms with van der Waals surface area (Å²) in [5, 5.41) is 19.7. The van der Waals surface area contributed by atoms with Crippen LogP contribution in [0.4, 0.5) is 10.5 Å². The van der Waals surface area contributed by atoms with Crippen LogP contribution in [0.15, 0.2) is 24.4 Å². The maximum absolute atomic E-state index is 12.3. The van der Waals surface area contributed by atoms with Crippen LogP contribution in [0.2, 0.25) is 5.02 Å². The summed E-state index contributed by atoms with van der Waals surface area (Å²) in [5.41, 5.74) is 3.75. The van der Waals surface area contributed by atoms with Crippen molar-refractivity contribution < 1.29 is 9.90 Å². The average molecular weight is 349 g/mol. The van der Waals surface area contributed by atoms with Gasteiger partial charge in [-0.2, -0.15) is 5.10 Å². The number of aromatic nitrogens is 2. The highest BCUT2D eigenvalue weighted by molar-refractivity contribution is 6.33. The van der Waals surface area contributed by atoms with E-state index in [4.69, 9.17) is 16.7 Å². The number of aliphatic hydroxyl groups excluding tert-OH is 1. The van der Waals surface area contributed by atoms with E-state index in [-0.39, 0.29) is 18.7 Å². The predicted octanol–water partition coefficient (Wildman–Crippen LogP) is 3.04. The van der Waals surface area contributed by atoms with Gasteiger partial charge >= 0.3 is 6.03 Å². The summed E-state index contributed by atoms with van der Waals surface area (Å²) < 4.78 is 1.82. The van der Waals surface area contributed by atoms with Gasteiger partial charge in [0.2, 0.25) is 0 Å². The van der Waals surface area contributed by atoms with E-state index in [0.29, 0.717) is 17.3 Å². The lowest BCUT2D eigenvalue weighted by atomic mass is 9.93. The number of nitrogens with zero attached hydrogens (tertiary/aromatic N) is 2. The molecule has 1 heterocycles. The van der Waals surface area contributed by atoms with E-state index in [2.05, 4.69) is 15.7 Å². The van der Waals surface area contributed by atoms with Crippen LogP contribution in [0.3, 0.4) is 0 Å². The molecule has 2 amide bonds. The van der Waals surface area contributed by atoms with E-state index >= 15 is 0 Å². The van der Waals surface area contributed by atoms with Gasteiger partial charge in [-0.1, -0.05) is 17.7 Å². The van der Waals surface area contributed by atoms with Crippen LogP contribution in [-0.2, 0) is 13.0 Å². The van der Waals surface area contributed by atoms with Crippen LogP contribution in [0.1, 0.15) is 35.7 Å². The van der Waals surface area contributed by atoms with Gasteiger partial charge in [-0.3, -0.25) is 4.68 Å². The Hall–Kier alpha value is -2.05. The monoisotopic (exact) mass is 348 g/mol. The van der Waals surface area contributed by atoms with Gasteiger partial charge in [0.15, 0.2) is 0 Å². The molecule has 1 aromatic heterocycles. The first kappa shape index (κ1) is 16.8. The molecule has 1 aromatic carbocycles. The molecule has 3 rings (SSSR count). The maximum atomic E-state index is 12.3. The highest BCUT2D eigenvalue weighted by Crippen LogP contribution is 2.30. The van der Waals surface area contributed by atoms with Crippen LogP contribution in [-0.4, -0.2) is 27.5 Å². The number of fused-ring (bicyclic) bond motifs is 1. The van der Waals surface area contributed by atoms with E-state index < -0.39 is 0 Å². The molecule has 128 valence electrons. The topological polar surface area (TPSA) is 79.2 Å². The molecular weight excluding hydrogens is 328 g/mol. The van der Waals surface area contributed by atoms with Gasteiger partial charge in [0.1, 0.15) is 0 Å². The molecule has 0 spiro atoms. The summed E-state index contributed by atoms with van der Waals surface area (Å²) in [4.78, 5) is 12.3. The van der Waals surface area contributed by atoms with Crippen LogP contribution in [0, 0.1) is 6.92 Å². The number of hydrogen-bond donors (Lipinski definition) is 3. The van der Waals surface area contributed by atoms with Crippen molar-refractivity contribution in [2.45, 2.75) is 38.8 Å². The van der Waals surface area contributed by atoms with Crippen LogP contribution in [0.25, 0.3) is 0 Å². The zero-order valence-electron chi connectivity index (χ0n) is 13.6. The molecule has 0 radical (unpaired) electrons. The van der Waals surface area contributed by atoms with Gasteiger partial charge in [-0.15, -0.1) is 0 Å². The van der Waals surface area contributed by atoms with E-state index in [1.807, 2.05) is 23.7 Å². The van der Waals surface area contributed by atoms with Gasteiger partial charge in [0, 0.05) is 11.3 Å². The first-order valence-corrected chi connectivity index (χ1v) is 8.45. The third-order valence-electron chi connectivity index (χ3n) is 4.25. The van der Waals surface area contributed by atoms with Gasteiger partial charge in [0.05, 0.1) is 36.1 Å². The zero-order chi connectivity index (χ0) is 17.1. The third-order valence-corrected chi connectivity index (χ3v) is 4.57. The quantitative estimate of drug-likeness (QED) is 0.794. The highest BCUT2D eigenvalue weighted by atomic mass is 35.5. The molecule has 0 saturated carbocycles. The largest absolute Gasteiger partial charge is 0.394 e. The molecule has 1 aliphatic carbocycles. The number of aryl methyl sites for hydroxylation is 1. The summed E-state index contributed by atoms with van der Waals surface area (Å²) in [6, 6.07) is 5.15. The zero-order valence-corrected chi connectivity index (χ0v) is 14.3. The summed E-state index contributed by atoms with van der Waals surface area (Å²) in [6.45, 7) is 2.48. The minimum Gasteiger partial charge on any atom is -0.394 e. The standard InChI is InChI=1S/C17H21ClN4O2/c1-11-5-6-15(13(18)9-11)21-17(24)20-14-3-2-4-16-12(14)10-19-22(16)7-8-23/h5-6,9-10,14,23H,2-4,7-8H2,1H3,(H2,20,21,24). The summed E-state index contributed by atoms with van der Waals surface area (Å²) >= 11 is 6.16. The molecule has 0 fully saturated rings. The van der Waals surface area contributed by atoms with Crippen molar-refractivity contribution in [1.29, 1.82) is 0 Å². The van der Waals surface area contributed by atoms with Crippen LogP contribution in [0.5, 0.6) is 0 Å². The first-order chi connectivity index (χ1) is 11.6. The van der Waals surface area contributed by atoms with Crippen LogP contribution < -0.4 is 10.6 Å². The number of rotatable bonds is 4. The predicted molar refractivity (Wildman–Crippen MR) is 93.3 cm³/mol. The molecule has 0 saturated heterocycles. The Balaban J connectivity index is 1.69. The molecule has 1 unspecified atom stereocenters. The first-order valence-electron chi connectivity index (χ1n) is 8.07. The molecule has 1 atom stereocenters. The van der Waals surface area contributed by atoms with Gasteiger partial charge in [-0.05, 0) is 43.9 Å². The number of amides is 2. The molecule has 7 heteroatoms. The number of nitrogens with one attached hydrogen (secondary N) is 2. The molecule has 2 aromatic rings. The molecule has 0 bridgehead atoms. The van der Waals surface area contributed by atoms with Crippen LogP contribution >= 0.6 is 11.6 Å². The smallest absolute Gasteiger partial charge is 0.319 e. The minimum absolute atomic E-state index is 0.0542. The minimum atomic E-state index is -0.284. The normalized spacial score (nSPS) is 16.5. The molecule has 0 aliphatic heterocycles. The maximum Gasteiger partial charge on any atom is 0.319 e. The number of carbonyl (C=O) groups is 1. The van der Waals surface area contributed by atoms with Gasteiger partial charge < -0.3 is 15.7 Å². The van der Waals surface area contributed by atoms with Crippen molar-refractivity contribution in [2.75, 3.05) is 11.9 Å². The Morgan fingerprint density at radius 1 is 1.50 bits per heavy atom. The SMILES string of the molecule is Cc1ccc(NC(=O)NC2CCCc3c2cnn3CCO)c(Cl)c1. The Morgan fingerprint density at radius 2 is 2.33 bits per heavy atom. The second-order valence-corrected chi connectivity index (χ2v) is 6.43. The Bertz CT molecular complexity index is 744. The number of aliphatic hydroxyl groups is 1. The fraction of sp³-hybridized carbons (Fsp3) is 0.412. The Morgan fingerprint density at radius 3 is 3.08 bits per heavy atom. The van der Waals surface area contributed by atoms with E-state index in [0.717, 1.165) is 36.1 Å². The van der Waals surface area contributed by atoms with Gasteiger partial charge in [-0.25, -0.2) is 4.79 Å². The fourth-order valence-corrected chi connectivity index (χ4v) is 3.38. The van der Waals surface area contributed by atoms with E-state index in [9.17, 15) is 4.79 Å². The van der Waals surface area contributed by atoms with Gasteiger partial charge in [0.25, 0.3) is 0 Å². The summed E-state index contributed by atoms with van der Waals surface area (Å²) in [6.07, 6.45) is 4.54. The van der Waals surface area contributed by atoms with Crippen molar-refractivity contribution in [3.05, 3.63) is 46.2 Å². The molecule has 1 aliphatic rings. The molecular formula is C17H21ClN4O2. The third kappa shape index (κ3) is 3.55. The second-order valence-electron chi connectivity index (χ2n) is 6.02. The van der Waals surface area contributed by atoms with Crippen molar-refractivity contribution in [3.63, 3.8) is 0 Å². The van der Waals surface area contributed by atoms with Crippen molar-refractivity contribution >= 4 is 23.3 Å². The number of hydrogen-bond acceptors (Lipinski definition) is 3. The summed E-state index contributed by atoms with van der Waals surface area (Å²) in [5.74, 6) is 0. The molecule has 3 N–H and O–H groups in total. The Labute approximate surface area is 145 Å². The lowest BCUT2D eigenvalue weighted by Crippen LogP contribution is -2.34. The lowest BCUT2D eigenvalue weighted by Gasteiger charge is -2.24. The Kier molecular flexibility index (Phi) is 5.06. The summed E-state index contributed by atoms with van der Waals surface area (Å²) in [7, 11) is 0. The van der Waals surface area contributed by atoms with Crippen molar-refractivity contribution in [3.8, 4) is 0 Å². The fourth-order valence-electron chi connectivity index (χ4n) is 3.09. The average Bonchev–Trinajstić information content (AvgIpc) is 2.95. The number of carbonyl (C=O) groups excluding carboxylic acids is 1. The van der Waals surface area contributed by atoms with E-state index in [1.54, 1.807) is 12.3 Å². The highest BCUT2D eigenvalue weighted by Gasteiger charge is 2.25. The van der Waals surface area contributed by atoms with Crippen molar-refractivity contribution in [2.24, 2.45) is 0 Å². The number of benzene rings is 1. The van der Waals surface area contributed by atoms with E-state index in [1.165, 1.54) is 0 Å².